The molecule has 0 aliphatic rings. The molecule has 2 aromatic heterocycles. The molecule has 0 aliphatic carbocycles. The van der Waals surface area contributed by atoms with Gasteiger partial charge in [0.15, 0.2) is 5.65 Å². The molecule has 0 saturated carbocycles. The van der Waals surface area contributed by atoms with Crippen LogP contribution in [0.15, 0.2) is 48.7 Å². The van der Waals surface area contributed by atoms with Gasteiger partial charge in [-0.2, -0.15) is 10.1 Å². The Hall–Kier alpha value is -3.98. The van der Waals surface area contributed by atoms with Crippen LogP contribution in [0.5, 0.6) is 11.6 Å². The van der Waals surface area contributed by atoms with Crippen LogP contribution in [0.4, 0.5) is 0 Å². The van der Waals surface area contributed by atoms with Crippen LogP contribution in [0.3, 0.4) is 0 Å². The third-order valence-electron chi connectivity index (χ3n) is 4.52. The van der Waals surface area contributed by atoms with E-state index in [-0.39, 0.29) is 22.8 Å². The van der Waals surface area contributed by atoms with Crippen LogP contribution in [0.2, 0.25) is 5.02 Å². The van der Waals surface area contributed by atoms with E-state index in [0.717, 1.165) is 5.69 Å². The summed E-state index contributed by atoms with van der Waals surface area (Å²) in [5, 5.41) is 5.48. The Bertz CT molecular complexity index is 1320. The number of methoxy groups -OCH3 is 2. The average Bonchev–Trinajstić information content (AvgIpc) is 3.21. The van der Waals surface area contributed by atoms with E-state index in [1.807, 2.05) is 12.1 Å². The molecule has 0 unspecified atom stereocenters. The fraction of sp³-hybridized carbons (Fsp3) is 0.136. The van der Waals surface area contributed by atoms with Gasteiger partial charge in [0.05, 0.1) is 37.2 Å². The van der Waals surface area contributed by atoms with Crippen LogP contribution in [0.25, 0.3) is 16.7 Å². The number of halogens is 1. The zero-order chi connectivity index (χ0) is 22.8. The first kappa shape index (κ1) is 21.3. The van der Waals surface area contributed by atoms with Gasteiger partial charge in [-0.3, -0.25) is 0 Å². The predicted molar refractivity (Wildman–Crippen MR) is 116 cm³/mol. The first-order valence-corrected chi connectivity index (χ1v) is 9.75. The van der Waals surface area contributed by atoms with Crippen molar-refractivity contribution < 1.29 is 23.8 Å². The van der Waals surface area contributed by atoms with Gasteiger partial charge >= 0.3 is 11.9 Å². The second-order valence-electron chi connectivity index (χ2n) is 6.68. The lowest BCUT2D eigenvalue weighted by Crippen LogP contribution is -2.07. The van der Waals surface area contributed by atoms with Crippen molar-refractivity contribution in [3.05, 3.63) is 70.6 Å². The highest BCUT2D eigenvalue weighted by Crippen LogP contribution is 2.30. The normalized spacial score (nSPS) is 10.8. The van der Waals surface area contributed by atoms with Crippen molar-refractivity contribution in [1.29, 1.82) is 0 Å². The van der Waals surface area contributed by atoms with Gasteiger partial charge in [-0.25, -0.2) is 19.3 Å². The lowest BCUT2D eigenvalue weighted by atomic mass is 10.1. The lowest BCUT2D eigenvalue weighted by molar-refractivity contribution is 0.0598. The Morgan fingerprint density at radius 3 is 2.28 bits per heavy atom. The van der Waals surface area contributed by atoms with Crippen molar-refractivity contribution in [3.63, 3.8) is 0 Å². The number of hydrogen-bond acceptors (Lipinski definition) is 8. The number of fused-ring (bicyclic) bond motifs is 1. The molecule has 162 valence electrons. The SMILES string of the molecule is COC(=O)c1cc(Oc2nc(C)nc3c2cnn3-c2cccc(Cl)c2)cc(C(=O)OC)c1. The summed E-state index contributed by atoms with van der Waals surface area (Å²) in [5.41, 5.74) is 1.48. The van der Waals surface area contributed by atoms with Crippen molar-refractivity contribution in [1.82, 2.24) is 19.7 Å². The third-order valence-corrected chi connectivity index (χ3v) is 4.76. The number of rotatable bonds is 5. The smallest absolute Gasteiger partial charge is 0.338 e. The summed E-state index contributed by atoms with van der Waals surface area (Å²) in [6, 6.07) is 11.4. The van der Waals surface area contributed by atoms with Crippen LogP contribution < -0.4 is 4.74 Å². The van der Waals surface area contributed by atoms with Gasteiger partial charge in [0.25, 0.3) is 0 Å². The Balaban J connectivity index is 1.81. The number of esters is 2. The van der Waals surface area contributed by atoms with Gasteiger partial charge in [-0.15, -0.1) is 0 Å². The number of ether oxygens (including phenoxy) is 3. The zero-order valence-corrected chi connectivity index (χ0v) is 18.1. The van der Waals surface area contributed by atoms with E-state index >= 15 is 0 Å². The van der Waals surface area contributed by atoms with Crippen molar-refractivity contribution in [3.8, 4) is 17.3 Å². The van der Waals surface area contributed by atoms with Crippen LogP contribution >= 0.6 is 11.6 Å². The third kappa shape index (κ3) is 4.10. The molecule has 2 aromatic carbocycles. The molecule has 0 spiro atoms. The number of nitrogens with zero attached hydrogens (tertiary/aromatic N) is 4. The highest BCUT2D eigenvalue weighted by Gasteiger charge is 2.18. The highest BCUT2D eigenvalue weighted by molar-refractivity contribution is 6.30. The van der Waals surface area contributed by atoms with E-state index in [2.05, 4.69) is 15.1 Å². The predicted octanol–water partition coefficient (Wildman–Crippen LogP) is 4.14. The Morgan fingerprint density at radius 1 is 0.969 bits per heavy atom. The van der Waals surface area contributed by atoms with Gasteiger partial charge in [-0.05, 0) is 43.3 Å². The molecule has 0 atom stereocenters. The molecule has 32 heavy (non-hydrogen) atoms. The van der Waals surface area contributed by atoms with Crippen LogP contribution in [-0.4, -0.2) is 45.9 Å². The minimum atomic E-state index is -0.626. The van der Waals surface area contributed by atoms with Crippen molar-refractivity contribution in [2.24, 2.45) is 0 Å². The molecule has 10 heteroatoms. The van der Waals surface area contributed by atoms with E-state index in [1.165, 1.54) is 32.4 Å². The Morgan fingerprint density at radius 2 is 1.66 bits per heavy atom. The molecular formula is C22H17ClN4O5. The van der Waals surface area contributed by atoms with Gasteiger partial charge in [0, 0.05) is 5.02 Å². The van der Waals surface area contributed by atoms with Crippen molar-refractivity contribution in [2.75, 3.05) is 14.2 Å². The zero-order valence-electron chi connectivity index (χ0n) is 17.3. The summed E-state index contributed by atoms with van der Waals surface area (Å²) in [7, 11) is 2.49. The molecule has 4 aromatic rings. The van der Waals surface area contributed by atoms with E-state index < -0.39 is 11.9 Å². The summed E-state index contributed by atoms with van der Waals surface area (Å²) < 4.78 is 17.1. The molecule has 9 nitrogen and oxygen atoms in total. The monoisotopic (exact) mass is 452 g/mol. The standard InChI is InChI=1S/C22H17ClN4O5/c1-12-25-19-18(11-24-27(19)16-6-4-5-15(23)10-16)20(26-12)32-17-8-13(21(28)30-2)7-14(9-17)22(29)31-3/h4-11H,1-3H3. The molecule has 0 saturated heterocycles. The minimum Gasteiger partial charge on any atom is -0.465 e. The Labute approximate surface area is 187 Å². The average molecular weight is 453 g/mol. The van der Waals surface area contributed by atoms with Gasteiger partial charge < -0.3 is 14.2 Å². The molecule has 0 bridgehead atoms. The fourth-order valence-corrected chi connectivity index (χ4v) is 3.29. The number of aryl methyl sites for hydroxylation is 1. The summed E-state index contributed by atoms with van der Waals surface area (Å²) in [6.45, 7) is 1.71. The second kappa shape index (κ2) is 8.64. The largest absolute Gasteiger partial charge is 0.465 e. The number of aromatic nitrogens is 4. The molecule has 0 radical (unpaired) electrons. The Kier molecular flexibility index (Phi) is 5.74. The molecular weight excluding hydrogens is 436 g/mol. The van der Waals surface area contributed by atoms with Gasteiger partial charge in [0.2, 0.25) is 5.88 Å². The number of hydrogen-bond donors (Lipinski definition) is 0. The topological polar surface area (TPSA) is 105 Å². The number of benzene rings is 2. The lowest BCUT2D eigenvalue weighted by Gasteiger charge is -2.10. The van der Waals surface area contributed by atoms with Crippen molar-refractivity contribution in [2.45, 2.75) is 6.92 Å². The van der Waals surface area contributed by atoms with E-state index in [1.54, 1.807) is 29.9 Å². The van der Waals surface area contributed by atoms with Crippen LogP contribution in [-0.2, 0) is 9.47 Å². The second-order valence-corrected chi connectivity index (χ2v) is 7.12. The molecule has 4 rings (SSSR count). The number of carbonyl (C=O) groups is 2. The van der Waals surface area contributed by atoms with Crippen molar-refractivity contribution >= 4 is 34.6 Å². The molecule has 0 fully saturated rings. The van der Waals surface area contributed by atoms with E-state index in [9.17, 15) is 9.59 Å². The molecule has 2 heterocycles. The van der Waals surface area contributed by atoms with E-state index in [4.69, 9.17) is 25.8 Å². The maximum Gasteiger partial charge on any atom is 0.338 e. The summed E-state index contributed by atoms with van der Waals surface area (Å²) >= 11 is 6.11. The maximum atomic E-state index is 12.1. The quantitative estimate of drug-likeness (QED) is 0.416. The highest BCUT2D eigenvalue weighted by atomic mass is 35.5. The summed E-state index contributed by atoms with van der Waals surface area (Å²) in [5.74, 6) is -0.410. The fourth-order valence-electron chi connectivity index (χ4n) is 3.10. The maximum absolute atomic E-state index is 12.1. The molecule has 0 N–H and O–H groups in total. The molecule has 0 aliphatic heterocycles. The first-order valence-electron chi connectivity index (χ1n) is 9.37. The number of carbonyl (C=O) groups excluding carboxylic acids is 2. The first-order chi connectivity index (χ1) is 15.4. The van der Waals surface area contributed by atoms with Gasteiger partial charge in [-0.1, -0.05) is 17.7 Å². The van der Waals surface area contributed by atoms with Crippen LogP contribution in [0.1, 0.15) is 26.5 Å². The summed E-state index contributed by atoms with van der Waals surface area (Å²) in [6.07, 6.45) is 1.57. The summed E-state index contributed by atoms with van der Waals surface area (Å²) in [4.78, 5) is 33.0. The van der Waals surface area contributed by atoms with Gasteiger partial charge in [0.1, 0.15) is 17.0 Å². The minimum absolute atomic E-state index is 0.127. The van der Waals surface area contributed by atoms with Crippen LogP contribution in [0, 0.1) is 6.92 Å². The van der Waals surface area contributed by atoms with E-state index in [0.29, 0.717) is 21.9 Å². The molecule has 0 amide bonds.